The van der Waals surface area contributed by atoms with Crippen LogP contribution in [0.4, 0.5) is 19.1 Å². The zero-order valence-electron chi connectivity index (χ0n) is 15.4. The second-order valence-corrected chi connectivity index (χ2v) is 6.67. The Labute approximate surface area is 164 Å². The summed E-state index contributed by atoms with van der Waals surface area (Å²) in [5, 5.41) is 2.75. The van der Waals surface area contributed by atoms with Crippen LogP contribution in [-0.2, 0) is 17.5 Å². The van der Waals surface area contributed by atoms with Crippen LogP contribution in [-0.4, -0.2) is 37.2 Å². The Morgan fingerprint density at radius 1 is 1.24 bits per heavy atom. The number of halogens is 3. The molecule has 7 nitrogen and oxygen atoms in total. The standard InChI is InChI=1S/C19H18F3N5O2/c20-19(21,22)15-5-4-13(11-23-15)12-24-17(28)16-14-3-1-2-6-27(14)18(25-16)26-7-9-29-10-8-26/h1-6,11H,7-10,12H2,(H,24,28)/p+2. The maximum Gasteiger partial charge on any atom is 0.477 e. The zero-order valence-corrected chi connectivity index (χ0v) is 15.4. The van der Waals surface area contributed by atoms with Crippen LogP contribution >= 0.6 is 0 Å². The highest BCUT2D eigenvalue weighted by atomic mass is 19.4. The van der Waals surface area contributed by atoms with Gasteiger partial charge in [-0.1, -0.05) is 6.07 Å². The number of nitrogens with one attached hydrogen (secondary N) is 3. The van der Waals surface area contributed by atoms with Crippen molar-refractivity contribution in [2.45, 2.75) is 12.7 Å². The van der Waals surface area contributed by atoms with Gasteiger partial charge in [-0.05, 0) is 18.2 Å². The molecule has 4 rings (SSSR count). The lowest BCUT2D eigenvalue weighted by molar-refractivity contribution is -0.497. The lowest BCUT2D eigenvalue weighted by atomic mass is 10.2. The fraction of sp³-hybridized carbons (Fsp3) is 0.316. The average Bonchev–Trinajstić information content (AvgIpc) is 3.12. The molecule has 29 heavy (non-hydrogen) atoms. The van der Waals surface area contributed by atoms with Crippen molar-refractivity contribution in [3.8, 4) is 0 Å². The predicted octanol–water partition coefficient (Wildman–Crippen LogP) is 1.35. The third-order valence-electron chi connectivity index (χ3n) is 4.75. The fourth-order valence-electron chi connectivity index (χ4n) is 3.26. The second kappa shape index (κ2) is 7.70. The monoisotopic (exact) mass is 407 g/mol. The zero-order chi connectivity index (χ0) is 20.4. The van der Waals surface area contributed by atoms with Gasteiger partial charge in [0.15, 0.2) is 11.7 Å². The van der Waals surface area contributed by atoms with Crippen LogP contribution in [0.3, 0.4) is 0 Å². The largest absolute Gasteiger partial charge is 0.477 e. The first-order valence-electron chi connectivity index (χ1n) is 9.14. The highest BCUT2D eigenvalue weighted by Gasteiger charge is 2.37. The summed E-state index contributed by atoms with van der Waals surface area (Å²) >= 11 is 0. The van der Waals surface area contributed by atoms with Crippen LogP contribution in [0.15, 0.2) is 42.7 Å². The third kappa shape index (κ3) is 4.02. The first-order chi connectivity index (χ1) is 13.9. The fourth-order valence-corrected chi connectivity index (χ4v) is 3.26. The Bertz CT molecular complexity index is 1010. The minimum absolute atomic E-state index is 0.0956. The molecule has 0 bridgehead atoms. The molecule has 1 fully saturated rings. The maximum absolute atomic E-state index is 12.8. The van der Waals surface area contributed by atoms with Crippen LogP contribution in [0.1, 0.15) is 21.7 Å². The van der Waals surface area contributed by atoms with Crippen LogP contribution < -0.4 is 19.6 Å². The van der Waals surface area contributed by atoms with E-state index in [1.54, 1.807) is 0 Å². The summed E-state index contributed by atoms with van der Waals surface area (Å²) in [6.45, 7) is 2.73. The van der Waals surface area contributed by atoms with Crippen molar-refractivity contribution in [3.63, 3.8) is 0 Å². The van der Waals surface area contributed by atoms with Gasteiger partial charge in [-0.25, -0.2) is 14.4 Å². The number of pyridine rings is 2. The van der Waals surface area contributed by atoms with Gasteiger partial charge in [0.25, 0.3) is 11.6 Å². The highest BCUT2D eigenvalue weighted by Crippen LogP contribution is 2.25. The molecule has 4 heterocycles. The van der Waals surface area contributed by atoms with Gasteiger partial charge in [-0.3, -0.25) is 9.69 Å². The number of amides is 1. The van der Waals surface area contributed by atoms with Gasteiger partial charge in [-0.2, -0.15) is 13.2 Å². The molecule has 1 aliphatic heterocycles. The topological polar surface area (TPSA) is 75.6 Å². The van der Waals surface area contributed by atoms with Gasteiger partial charge in [0, 0.05) is 18.2 Å². The predicted molar refractivity (Wildman–Crippen MR) is 96.2 cm³/mol. The smallest absolute Gasteiger partial charge is 0.375 e. The number of anilines is 1. The first-order valence-corrected chi connectivity index (χ1v) is 9.14. The molecule has 0 saturated carbocycles. The summed E-state index contributed by atoms with van der Waals surface area (Å²) in [6.07, 6.45) is -1.32. The van der Waals surface area contributed by atoms with Crippen molar-refractivity contribution >= 4 is 17.4 Å². The van der Waals surface area contributed by atoms with Crippen LogP contribution in [0.5, 0.6) is 0 Å². The number of fused-ring (bicyclic) bond motifs is 1. The Balaban J connectivity index is 1.53. The number of nitrogens with zero attached hydrogens (tertiary/aromatic N) is 2. The Hall–Kier alpha value is -3.14. The minimum Gasteiger partial charge on any atom is -0.375 e. The number of imidazole rings is 1. The molecular weight excluding hydrogens is 387 g/mol. The molecule has 1 amide bonds. The molecule has 10 heteroatoms. The van der Waals surface area contributed by atoms with E-state index in [2.05, 4.69) is 20.2 Å². The Kier molecular flexibility index (Phi) is 5.10. The van der Waals surface area contributed by atoms with Gasteiger partial charge in [0.2, 0.25) is 5.69 Å². The number of rotatable bonds is 4. The number of aromatic nitrogens is 3. The van der Waals surface area contributed by atoms with Gasteiger partial charge in [-0.15, -0.1) is 0 Å². The third-order valence-corrected chi connectivity index (χ3v) is 4.75. The van der Waals surface area contributed by atoms with Crippen molar-refractivity contribution in [1.82, 2.24) is 10.3 Å². The number of hydrogen-bond donors (Lipinski definition) is 2. The molecule has 0 atom stereocenters. The SMILES string of the molecule is O=C(NCc1ccc(C(F)(F)F)[nH+]c1)c1[nH]c(N2CCOCC2)[n+]2ccccc12. The van der Waals surface area contributed by atoms with Crippen LogP contribution in [0.2, 0.25) is 0 Å². The molecule has 0 spiro atoms. The van der Waals surface area contributed by atoms with Crippen molar-refractivity contribution in [2.75, 3.05) is 31.2 Å². The molecule has 0 unspecified atom stereocenters. The van der Waals surface area contributed by atoms with Crippen molar-refractivity contribution in [3.05, 3.63) is 59.7 Å². The van der Waals surface area contributed by atoms with E-state index in [1.807, 2.05) is 28.8 Å². The first kappa shape index (κ1) is 19.2. The molecule has 1 saturated heterocycles. The van der Waals surface area contributed by atoms with Crippen molar-refractivity contribution in [1.29, 1.82) is 0 Å². The number of H-pyrrole nitrogens is 2. The molecular formula is C19H20F3N5O2+2. The summed E-state index contributed by atoms with van der Waals surface area (Å²) in [6, 6.07) is 7.85. The number of carbonyl (C=O) groups is 1. The molecule has 152 valence electrons. The number of alkyl halides is 3. The van der Waals surface area contributed by atoms with Gasteiger partial charge in [0.1, 0.15) is 0 Å². The average molecular weight is 407 g/mol. The lowest BCUT2D eigenvalue weighted by Gasteiger charge is -2.21. The molecule has 0 aliphatic carbocycles. The van der Waals surface area contributed by atoms with Gasteiger partial charge >= 0.3 is 12.1 Å². The van der Waals surface area contributed by atoms with E-state index < -0.39 is 11.9 Å². The van der Waals surface area contributed by atoms with E-state index in [4.69, 9.17) is 4.74 Å². The van der Waals surface area contributed by atoms with E-state index in [0.717, 1.165) is 12.0 Å². The summed E-state index contributed by atoms with van der Waals surface area (Å²) < 4.78 is 45.2. The summed E-state index contributed by atoms with van der Waals surface area (Å²) in [5.74, 6) is 0.449. The molecule has 0 aromatic carbocycles. The normalized spacial score (nSPS) is 14.9. The molecule has 3 aromatic rings. The van der Waals surface area contributed by atoms with Crippen molar-refractivity contribution in [2.24, 2.45) is 0 Å². The molecule has 3 N–H and O–H groups in total. The maximum atomic E-state index is 12.8. The Morgan fingerprint density at radius 3 is 2.72 bits per heavy atom. The van der Waals surface area contributed by atoms with E-state index >= 15 is 0 Å². The van der Waals surface area contributed by atoms with Crippen molar-refractivity contribution < 1.29 is 32.1 Å². The number of carbonyl (C=O) groups excluding carboxylic acids is 1. The van der Waals surface area contributed by atoms with Gasteiger partial charge in [0.05, 0.1) is 32.5 Å². The van der Waals surface area contributed by atoms with Crippen LogP contribution in [0.25, 0.3) is 5.52 Å². The van der Waals surface area contributed by atoms with E-state index in [1.165, 1.54) is 12.3 Å². The summed E-state index contributed by atoms with van der Waals surface area (Å²) in [5.41, 5.74) is 0.797. The second-order valence-electron chi connectivity index (χ2n) is 6.67. The molecule has 1 aliphatic rings. The quantitative estimate of drug-likeness (QED) is 0.642. The van der Waals surface area contributed by atoms with E-state index in [9.17, 15) is 18.0 Å². The number of morpholine rings is 1. The Morgan fingerprint density at radius 2 is 2.03 bits per heavy atom. The lowest BCUT2D eigenvalue weighted by Crippen LogP contribution is -2.41. The molecule has 0 radical (unpaired) electrons. The minimum atomic E-state index is -4.43. The van der Waals surface area contributed by atoms with Gasteiger partial charge < -0.3 is 10.1 Å². The van der Waals surface area contributed by atoms with Crippen LogP contribution in [0, 0.1) is 0 Å². The highest BCUT2D eigenvalue weighted by molar-refractivity contribution is 5.98. The van der Waals surface area contributed by atoms with E-state index in [-0.39, 0.29) is 12.5 Å². The number of aromatic amines is 2. The summed E-state index contributed by atoms with van der Waals surface area (Å²) in [4.78, 5) is 20.3. The van der Waals surface area contributed by atoms with E-state index in [0.29, 0.717) is 43.1 Å². The number of ether oxygens (including phenoxy) is 1. The molecule has 3 aromatic heterocycles. The summed E-state index contributed by atoms with van der Waals surface area (Å²) in [7, 11) is 0. The number of hydrogen-bond acceptors (Lipinski definition) is 3.